The van der Waals surface area contributed by atoms with Gasteiger partial charge in [0.25, 0.3) is 0 Å². The van der Waals surface area contributed by atoms with E-state index in [1.54, 1.807) is 35.2 Å². The molecule has 7 heteroatoms. The number of hydrogen-bond acceptors (Lipinski definition) is 2. The maximum atomic E-state index is 13.7. The Morgan fingerprint density at radius 3 is 2.66 bits per heavy atom. The van der Waals surface area contributed by atoms with E-state index in [1.807, 2.05) is 12.1 Å². The molecule has 29 heavy (non-hydrogen) atoms. The molecule has 2 aromatic carbocycles. The number of carbonyl (C=O) groups is 2. The quantitative estimate of drug-likeness (QED) is 0.707. The molecule has 0 bridgehead atoms. The second-order valence-corrected chi connectivity index (χ2v) is 7.74. The van der Waals surface area contributed by atoms with Crippen molar-refractivity contribution in [2.24, 2.45) is 5.92 Å². The summed E-state index contributed by atoms with van der Waals surface area (Å²) in [6.07, 6.45) is 2.99. The van der Waals surface area contributed by atoms with Crippen molar-refractivity contribution in [3.63, 3.8) is 0 Å². The van der Waals surface area contributed by atoms with Crippen LogP contribution in [0.1, 0.15) is 31.2 Å². The fourth-order valence-corrected chi connectivity index (χ4v) is 3.59. The van der Waals surface area contributed by atoms with Gasteiger partial charge in [0.1, 0.15) is 5.82 Å². The molecular formula is C22H25ClFN3O2. The van der Waals surface area contributed by atoms with Crippen LogP contribution in [0.4, 0.5) is 14.9 Å². The molecule has 1 saturated heterocycles. The largest absolute Gasteiger partial charge is 0.352 e. The van der Waals surface area contributed by atoms with E-state index >= 15 is 0 Å². The zero-order chi connectivity index (χ0) is 20.6. The van der Waals surface area contributed by atoms with Crippen molar-refractivity contribution in [1.82, 2.24) is 10.2 Å². The third kappa shape index (κ3) is 6.46. The Morgan fingerprint density at radius 2 is 1.90 bits per heavy atom. The average molecular weight is 418 g/mol. The average Bonchev–Trinajstić information content (AvgIpc) is 2.73. The molecule has 1 heterocycles. The molecule has 154 valence electrons. The highest BCUT2D eigenvalue weighted by Gasteiger charge is 2.24. The van der Waals surface area contributed by atoms with Gasteiger partial charge in [-0.1, -0.05) is 35.9 Å². The van der Waals surface area contributed by atoms with Crippen LogP contribution >= 0.6 is 11.6 Å². The van der Waals surface area contributed by atoms with Crippen LogP contribution in [0.15, 0.2) is 48.5 Å². The lowest BCUT2D eigenvalue weighted by atomic mass is 9.93. The molecule has 1 aliphatic rings. The van der Waals surface area contributed by atoms with Crippen molar-refractivity contribution in [2.45, 2.75) is 32.2 Å². The Hall–Kier alpha value is -2.60. The van der Waals surface area contributed by atoms with Crippen molar-refractivity contribution in [3.05, 3.63) is 64.9 Å². The zero-order valence-electron chi connectivity index (χ0n) is 16.2. The fraction of sp³-hybridized carbons (Fsp3) is 0.364. The lowest BCUT2D eigenvalue weighted by Crippen LogP contribution is -2.42. The standard InChI is InChI=1S/C22H25ClFN3O2/c23-18-10-7-16(8-11-18)14-25-21(28)12-9-17-4-3-13-27(15-17)22(29)26-20-6-2-1-5-19(20)24/h1-2,5-8,10-11,17H,3-4,9,12-15H2,(H,25,28)(H,26,29). The number of piperidine rings is 1. The third-order valence-corrected chi connectivity index (χ3v) is 5.36. The Balaban J connectivity index is 1.42. The van der Waals surface area contributed by atoms with Gasteiger partial charge < -0.3 is 15.5 Å². The van der Waals surface area contributed by atoms with Crippen LogP contribution in [-0.2, 0) is 11.3 Å². The molecule has 3 amide bonds. The number of urea groups is 1. The van der Waals surface area contributed by atoms with E-state index < -0.39 is 5.82 Å². The highest BCUT2D eigenvalue weighted by atomic mass is 35.5. The highest BCUT2D eigenvalue weighted by molar-refractivity contribution is 6.30. The SMILES string of the molecule is O=C(CCC1CCCN(C(=O)Nc2ccccc2F)C1)NCc1ccc(Cl)cc1. The van der Waals surface area contributed by atoms with Gasteiger partial charge in [-0.2, -0.15) is 0 Å². The zero-order valence-corrected chi connectivity index (χ0v) is 16.9. The predicted molar refractivity (Wildman–Crippen MR) is 112 cm³/mol. The topological polar surface area (TPSA) is 61.4 Å². The number of amides is 3. The number of rotatable bonds is 6. The number of para-hydroxylation sites is 1. The second kappa shape index (κ2) is 10.3. The number of nitrogens with zero attached hydrogens (tertiary/aromatic N) is 1. The summed E-state index contributed by atoms with van der Waals surface area (Å²) in [5.74, 6) is -0.198. The first-order valence-corrected chi connectivity index (χ1v) is 10.2. The molecule has 2 N–H and O–H groups in total. The Labute approximate surface area is 175 Å². The van der Waals surface area contributed by atoms with E-state index in [9.17, 15) is 14.0 Å². The highest BCUT2D eigenvalue weighted by Crippen LogP contribution is 2.22. The van der Waals surface area contributed by atoms with Crippen LogP contribution in [0, 0.1) is 11.7 Å². The normalized spacial score (nSPS) is 16.3. The lowest BCUT2D eigenvalue weighted by Gasteiger charge is -2.32. The maximum Gasteiger partial charge on any atom is 0.321 e. The van der Waals surface area contributed by atoms with E-state index in [-0.39, 0.29) is 23.5 Å². The first-order chi connectivity index (χ1) is 14.0. The molecule has 0 spiro atoms. The smallest absolute Gasteiger partial charge is 0.321 e. The van der Waals surface area contributed by atoms with Gasteiger partial charge >= 0.3 is 6.03 Å². The number of carbonyl (C=O) groups excluding carboxylic acids is 2. The second-order valence-electron chi connectivity index (χ2n) is 7.31. The van der Waals surface area contributed by atoms with Gasteiger partial charge in [-0.3, -0.25) is 4.79 Å². The molecule has 1 unspecified atom stereocenters. The van der Waals surface area contributed by atoms with Crippen LogP contribution < -0.4 is 10.6 Å². The number of hydrogen-bond donors (Lipinski definition) is 2. The fourth-order valence-electron chi connectivity index (χ4n) is 3.47. The summed E-state index contributed by atoms with van der Waals surface area (Å²) in [4.78, 5) is 26.3. The summed E-state index contributed by atoms with van der Waals surface area (Å²) < 4.78 is 13.7. The molecule has 2 aromatic rings. The summed E-state index contributed by atoms with van der Waals surface area (Å²) >= 11 is 5.86. The molecule has 0 aliphatic carbocycles. The minimum atomic E-state index is -0.452. The summed E-state index contributed by atoms with van der Waals surface area (Å²) in [5, 5.41) is 6.21. The Kier molecular flexibility index (Phi) is 7.47. The Bertz CT molecular complexity index is 844. The Morgan fingerprint density at radius 1 is 1.14 bits per heavy atom. The molecular weight excluding hydrogens is 393 g/mol. The van der Waals surface area contributed by atoms with E-state index in [0.29, 0.717) is 31.1 Å². The molecule has 0 saturated carbocycles. The summed E-state index contributed by atoms with van der Waals surface area (Å²) in [5.41, 5.74) is 1.18. The van der Waals surface area contributed by atoms with Crippen LogP contribution in [0.3, 0.4) is 0 Å². The van der Waals surface area contributed by atoms with E-state index in [2.05, 4.69) is 10.6 Å². The predicted octanol–water partition coefficient (Wildman–Crippen LogP) is 4.82. The van der Waals surface area contributed by atoms with Crippen LogP contribution in [-0.4, -0.2) is 29.9 Å². The van der Waals surface area contributed by atoms with Gasteiger partial charge in [0.05, 0.1) is 5.69 Å². The molecule has 0 aromatic heterocycles. The molecule has 3 rings (SSSR count). The molecule has 1 fully saturated rings. The minimum Gasteiger partial charge on any atom is -0.352 e. The van der Waals surface area contributed by atoms with Crippen molar-refractivity contribution in [1.29, 1.82) is 0 Å². The molecule has 1 atom stereocenters. The van der Waals surface area contributed by atoms with Crippen LogP contribution in [0.5, 0.6) is 0 Å². The van der Waals surface area contributed by atoms with Crippen molar-refractivity contribution < 1.29 is 14.0 Å². The summed E-state index contributed by atoms with van der Waals surface area (Å²) in [6, 6.07) is 13.2. The van der Waals surface area contributed by atoms with Gasteiger partial charge in [0, 0.05) is 31.1 Å². The van der Waals surface area contributed by atoms with Gasteiger partial charge in [-0.25, -0.2) is 9.18 Å². The van der Waals surface area contributed by atoms with Gasteiger partial charge in [-0.15, -0.1) is 0 Å². The van der Waals surface area contributed by atoms with Crippen molar-refractivity contribution in [3.8, 4) is 0 Å². The van der Waals surface area contributed by atoms with Gasteiger partial charge in [0.15, 0.2) is 0 Å². The summed E-state index contributed by atoms with van der Waals surface area (Å²) in [7, 11) is 0. The maximum absolute atomic E-state index is 13.7. The van der Waals surface area contributed by atoms with Gasteiger partial charge in [-0.05, 0) is 55.0 Å². The molecule has 1 aliphatic heterocycles. The first-order valence-electron chi connectivity index (χ1n) is 9.83. The van der Waals surface area contributed by atoms with E-state index in [0.717, 1.165) is 24.8 Å². The molecule has 0 radical (unpaired) electrons. The number of anilines is 1. The van der Waals surface area contributed by atoms with Crippen molar-refractivity contribution in [2.75, 3.05) is 18.4 Å². The number of nitrogens with one attached hydrogen (secondary N) is 2. The third-order valence-electron chi connectivity index (χ3n) is 5.10. The summed E-state index contributed by atoms with van der Waals surface area (Å²) in [6.45, 7) is 1.68. The van der Waals surface area contributed by atoms with Crippen LogP contribution in [0.25, 0.3) is 0 Å². The van der Waals surface area contributed by atoms with E-state index in [1.165, 1.54) is 6.07 Å². The number of likely N-dealkylation sites (tertiary alicyclic amines) is 1. The monoisotopic (exact) mass is 417 g/mol. The van der Waals surface area contributed by atoms with Crippen LogP contribution in [0.2, 0.25) is 5.02 Å². The number of halogens is 2. The van der Waals surface area contributed by atoms with E-state index in [4.69, 9.17) is 11.6 Å². The first kappa shape index (κ1) is 21.1. The van der Waals surface area contributed by atoms with Crippen molar-refractivity contribution >= 4 is 29.2 Å². The minimum absolute atomic E-state index is 0.00659. The molecule has 5 nitrogen and oxygen atoms in total. The number of benzene rings is 2. The lowest BCUT2D eigenvalue weighted by molar-refractivity contribution is -0.121. The van der Waals surface area contributed by atoms with Gasteiger partial charge in [0.2, 0.25) is 5.91 Å².